The first-order valence-electron chi connectivity index (χ1n) is 6.46. The minimum Gasteiger partial charge on any atom is -0.495 e. The maximum absolute atomic E-state index is 5.40. The van der Waals surface area contributed by atoms with Crippen LogP contribution >= 0.6 is 31.9 Å². The quantitative estimate of drug-likeness (QED) is 0.829. The van der Waals surface area contributed by atoms with Crippen LogP contribution in [-0.4, -0.2) is 32.3 Å². The zero-order valence-electron chi connectivity index (χ0n) is 11.6. The lowest BCUT2D eigenvalue weighted by Gasteiger charge is -2.32. The molecule has 1 heterocycles. The van der Waals surface area contributed by atoms with Gasteiger partial charge < -0.3 is 15.0 Å². The average molecular weight is 392 g/mol. The number of anilines is 1. The standard InChI is InChI=1S/C14H20Br2N2O/c1-14(2)9-18(6-4-5-17-14)12-8-13(19-3)11(16)7-10(12)15/h7-8,17H,4-6,9H2,1-3H3. The van der Waals surface area contributed by atoms with E-state index in [4.69, 9.17) is 4.74 Å². The van der Waals surface area contributed by atoms with Gasteiger partial charge in [0.05, 0.1) is 17.3 Å². The van der Waals surface area contributed by atoms with Crippen molar-refractivity contribution in [1.29, 1.82) is 0 Å². The minimum absolute atomic E-state index is 0.121. The molecule has 0 bridgehead atoms. The number of hydrogen-bond donors (Lipinski definition) is 1. The van der Waals surface area contributed by atoms with E-state index >= 15 is 0 Å². The molecule has 1 aliphatic heterocycles. The molecule has 1 aliphatic rings. The Balaban J connectivity index is 2.34. The molecule has 1 aromatic carbocycles. The Morgan fingerprint density at radius 1 is 1.26 bits per heavy atom. The van der Waals surface area contributed by atoms with Gasteiger partial charge in [0.25, 0.3) is 0 Å². The molecule has 0 unspecified atom stereocenters. The Hall–Kier alpha value is -0.260. The van der Waals surface area contributed by atoms with Crippen molar-refractivity contribution in [2.45, 2.75) is 25.8 Å². The van der Waals surface area contributed by atoms with Gasteiger partial charge >= 0.3 is 0 Å². The summed E-state index contributed by atoms with van der Waals surface area (Å²) >= 11 is 7.18. The number of halogens is 2. The van der Waals surface area contributed by atoms with Crippen molar-refractivity contribution in [3.63, 3.8) is 0 Å². The summed E-state index contributed by atoms with van der Waals surface area (Å²) in [5.74, 6) is 0.869. The monoisotopic (exact) mass is 390 g/mol. The van der Waals surface area contributed by atoms with Gasteiger partial charge in [-0.2, -0.15) is 0 Å². The summed E-state index contributed by atoms with van der Waals surface area (Å²) in [7, 11) is 1.70. The van der Waals surface area contributed by atoms with E-state index in [0.717, 1.165) is 40.8 Å². The summed E-state index contributed by atoms with van der Waals surface area (Å²) < 4.78 is 7.47. The summed E-state index contributed by atoms with van der Waals surface area (Å²) in [6, 6.07) is 4.15. The van der Waals surface area contributed by atoms with Gasteiger partial charge in [0, 0.05) is 29.2 Å². The van der Waals surface area contributed by atoms with Gasteiger partial charge in [-0.25, -0.2) is 0 Å². The molecule has 0 aliphatic carbocycles. The number of methoxy groups -OCH3 is 1. The van der Waals surface area contributed by atoms with Crippen molar-refractivity contribution in [2.75, 3.05) is 31.6 Å². The average Bonchev–Trinajstić information content (AvgIpc) is 2.50. The lowest BCUT2D eigenvalue weighted by molar-refractivity contribution is 0.409. The van der Waals surface area contributed by atoms with Crippen LogP contribution < -0.4 is 15.0 Å². The second kappa shape index (κ2) is 6.02. The number of nitrogens with one attached hydrogen (secondary N) is 1. The Kier molecular flexibility index (Phi) is 4.79. The van der Waals surface area contributed by atoms with Gasteiger partial charge in [-0.1, -0.05) is 0 Å². The zero-order chi connectivity index (χ0) is 14.0. The van der Waals surface area contributed by atoms with Gasteiger partial charge in [-0.15, -0.1) is 0 Å². The van der Waals surface area contributed by atoms with E-state index in [-0.39, 0.29) is 5.54 Å². The molecular weight excluding hydrogens is 372 g/mol. The summed E-state index contributed by atoms with van der Waals surface area (Å²) in [5.41, 5.74) is 1.31. The fourth-order valence-electron chi connectivity index (χ4n) is 2.43. The molecule has 0 aromatic heterocycles. The molecule has 3 nitrogen and oxygen atoms in total. The number of rotatable bonds is 2. The third-order valence-corrected chi connectivity index (χ3v) is 4.61. The summed E-state index contributed by atoms with van der Waals surface area (Å²) in [6.45, 7) is 7.59. The van der Waals surface area contributed by atoms with E-state index in [1.54, 1.807) is 7.11 Å². The third kappa shape index (κ3) is 3.64. The van der Waals surface area contributed by atoms with Crippen molar-refractivity contribution in [3.05, 3.63) is 21.1 Å². The molecule has 1 aromatic rings. The highest BCUT2D eigenvalue weighted by molar-refractivity contribution is 9.11. The number of ether oxygens (including phenoxy) is 1. The predicted octanol–water partition coefficient (Wildman–Crippen LogP) is 3.80. The Bertz CT molecular complexity index is 463. The Morgan fingerprint density at radius 2 is 2.00 bits per heavy atom. The summed E-state index contributed by atoms with van der Waals surface area (Å²) in [5, 5.41) is 3.58. The predicted molar refractivity (Wildman–Crippen MR) is 87.3 cm³/mol. The van der Waals surface area contributed by atoms with Crippen LogP contribution in [0.15, 0.2) is 21.1 Å². The molecule has 19 heavy (non-hydrogen) atoms. The minimum atomic E-state index is 0.121. The Morgan fingerprint density at radius 3 is 2.68 bits per heavy atom. The lowest BCUT2D eigenvalue weighted by atomic mass is 10.1. The highest BCUT2D eigenvalue weighted by Gasteiger charge is 2.25. The van der Waals surface area contributed by atoms with Crippen molar-refractivity contribution in [3.8, 4) is 5.75 Å². The van der Waals surface area contributed by atoms with Crippen LogP contribution in [0.1, 0.15) is 20.3 Å². The molecule has 0 spiro atoms. The molecule has 1 saturated heterocycles. The van der Waals surface area contributed by atoms with E-state index in [2.05, 4.69) is 68.1 Å². The molecule has 0 radical (unpaired) electrons. The fourth-order valence-corrected chi connectivity index (χ4v) is 3.84. The van der Waals surface area contributed by atoms with Crippen LogP contribution in [0.3, 0.4) is 0 Å². The molecule has 0 amide bonds. The molecule has 1 N–H and O–H groups in total. The van der Waals surface area contributed by atoms with Gasteiger partial charge in [-0.05, 0) is 64.7 Å². The van der Waals surface area contributed by atoms with E-state index in [1.807, 2.05) is 0 Å². The van der Waals surface area contributed by atoms with E-state index < -0.39 is 0 Å². The van der Waals surface area contributed by atoms with Crippen LogP contribution in [0.25, 0.3) is 0 Å². The first-order chi connectivity index (χ1) is 8.93. The first-order valence-corrected chi connectivity index (χ1v) is 8.04. The van der Waals surface area contributed by atoms with Crippen LogP contribution in [0, 0.1) is 0 Å². The summed E-state index contributed by atoms with van der Waals surface area (Å²) in [6.07, 6.45) is 1.15. The molecular formula is C14H20Br2N2O. The number of nitrogens with zero attached hydrogens (tertiary/aromatic N) is 1. The van der Waals surface area contributed by atoms with Crippen LogP contribution in [0.4, 0.5) is 5.69 Å². The van der Waals surface area contributed by atoms with Crippen molar-refractivity contribution in [1.82, 2.24) is 5.32 Å². The third-order valence-electron chi connectivity index (χ3n) is 3.36. The van der Waals surface area contributed by atoms with E-state index in [9.17, 15) is 0 Å². The normalized spacial score (nSPS) is 19.1. The highest BCUT2D eigenvalue weighted by Crippen LogP contribution is 2.37. The van der Waals surface area contributed by atoms with Crippen LogP contribution in [0.2, 0.25) is 0 Å². The molecule has 0 saturated carbocycles. The van der Waals surface area contributed by atoms with Gasteiger partial charge in [0.1, 0.15) is 5.75 Å². The summed E-state index contributed by atoms with van der Waals surface area (Å²) in [4.78, 5) is 2.42. The Labute approximate surface area is 132 Å². The maximum atomic E-state index is 5.40. The molecule has 1 fully saturated rings. The number of hydrogen-bond acceptors (Lipinski definition) is 3. The molecule has 5 heteroatoms. The SMILES string of the molecule is COc1cc(N2CCCNC(C)(C)C2)c(Br)cc1Br. The van der Waals surface area contributed by atoms with Gasteiger partial charge in [-0.3, -0.25) is 0 Å². The van der Waals surface area contributed by atoms with Crippen molar-refractivity contribution >= 4 is 37.5 Å². The largest absolute Gasteiger partial charge is 0.495 e. The lowest BCUT2D eigenvalue weighted by Crippen LogP contribution is -2.46. The number of benzene rings is 1. The van der Waals surface area contributed by atoms with Crippen molar-refractivity contribution < 1.29 is 4.74 Å². The van der Waals surface area contributed by atoms with Gasteiger partial charge in [0.15, 0.2) is 0 Å². The highest BCUT2D eigenvalue weighted by atomic mass is 79.9. The molecule has 2 rings (SSSR count). The molecule has 0 atom stereocenters. The van der Waals surface area contributed by atoms with Crippen molar-refractivity contribution in [2.24, 2.45) is 0 Å². The zero-order valence-corrected chi connectivity index (χ0v) is 14.8. The van der Waals surface area contributed by atoms with E-state index in [1.165, 1.54) is 5.69 Å². The topological polar surface area (TPSA) is 24.5 Å². The molecule has 106 valence electrons. The second-order valence-electron chi connectivity index (χ2n) is 5.52. The smallest absolute Gasteiger partial charge is 0.135 e. The first kappa shape index (κ1) is 15.1. The van der Waals surface area contributed by atoms with Crippen LogP contribution in [-0.2, 0) is 0 Å². The fraction of sp³-hybridized carbons (Fsp3) is 0.571. The van der Waals surface area contributed by atoms with E-state index in [0.29, 0.717) is 0 Å². The van der Waals surface area contributed by atoms with Gasteiger partial charge in [0.2, 0.25) is 0 Å². The second-order valence-corrected chi connectivity index (χ2v) is 7.23. The van der Waals surface area contributed by atoms with Crippen LogP contribution in [0.5, 0.6) is 5.75 Å². The maximum Gasteiger partial charge on any atom is 0.135 e.